The summed E-state index contributed by atoms with van der Waals surface area (Å²) in [6.07, 6.45) is 0. The van der Waals surface area contributed by atoms with Gasteiger partial charge in [-0.05, 0) is 49.2 Å². The van der Waals surface area contributed by atoms with Crippen molar-refractivity contribution in [1.82, 2.24) is 9.55 Å². The Bertz CT molecular complexity index is 819. The van der Waals surface area contributed by atoms with Crippen LogP contribution in [0.2, 0.25) is 0 Å². The summed E-state index contributed by atoms with van der Waals surface area (Å²) in [5.41, 5.74) is 4.64. The standard InChI is InChI=1S/C16H13BrClFN2/c1-9-5-12(6-10(2)16(9)17)21-14-7-11(19)3-4-13(14)20-15(21)8-18/h3-7H,8H2,1-2H3. The summed E-state index contributed by atoms with van der Waals surface area (Å²) in [5, 5.41) is 0. The number of aromatic nitrogens is 2. The van der Waals surface area contributed by atoms with Crippen LogP contribution in [0.25, 0.3) is 16.7 Å². The third kappa shape index (κ3) is 2.47. The molecule has 0 fully saturated rings. The van der Waals surface area contributed by atoms with Gasteiger partial charge in [0.25, 0.3) is 0 Å². The fourth-order valence-corrected chi connectivity index (χ4v) is 2.94. The van der Waals surface area contributed by atoms with Crippen LogP contribution in [0.1, 0.15) is 17.0 Å². The summed E-state index contributed by atoms with van der Waals surface area (Å²) in [7, 11) is 0. The highest BCUT2D eigenvalue weighted by atomic mass is 79.9. The van der Waals surface area contributed by atoms with Crippen molar-refractivity contribution >= 4 is 38.6 Å². The van der Waals surface area contributed by atoms with Crippen LogP contribution in [-0.4, -0.2) is 9.55 Å². The van der Waals surface area contributed by atoms with Crippen molar-refractivity contribution in [2.45, 2.75) is 19.7 Å². The van der Waals surface area contributed by atoms with E-state index in [1.807, 2.05) is 30.5 Å². The molecule has 0 atom stereocenters. The van der Waals surface area contributed by atoms with Gasteiger partial charge in [-0.25, -0.2) is 9.37 Å². The van der Waals surface area contributed by atoms with Gasteiger partial charge in [-0.2, -0.15) is 0 Å². The van der Waals surface area contributed by atoms with E-state index < -0.39 is 0 Å². The Morgan fingerprint density at radius 3 is 2.48 bits per heavy atom. The zero-order valence-electron chi connectivity index (χ0n) is 11.6. The molecular formula is C16H13BrClFN2. The fraction of sp³-hybridized carbons (Fsp3) is 0.188. The van der Waals surface area contributed by atoms with E-state index in [0.29, 0.717) is 5.82 Å². The fourth-order valence-electron chi connectivity index (χ4n) is 2.53. The second kappa shape index (κ2) is 5.43. The van der Waals surface area contributed by atoms with Gasteiger partial charge in [0.15, 0.2) is 0 Å². The van der Waals surface area contributed by atoms with Crippen LogP contribution in [0.3, 0.4) is 0 Å². The second-order valence-corrected chi connectivity index (χ2v) is 6.08. The number of fused-ring (bicyclic) bond motifs is 1. The lowest BCUT2D eigenvalue weighted by atomic mass is 10.1. The van der Waals surface area contributed by atoms with E-state index in [-0.39, 0.29) is 11.7 Å². The molecule has 0 unspecified atom stereocenters. The normalized spacial score (nSPS) is 11.3. The smallest absolute Gasteiger partial charge is 0.129 e. The molecule has 3 rings (SSSR count). The van der Waals surface area contributed by atoms with Crippen molar-refractivity contribution < 1.29 is 4.39 Å². The maximum atomic E-state index is 13.6. The molecule has 0 amide bonds. The van der Waals surface area contributed by atoms with Crippen LogP contribution in [0.15, 0.2) is 34.8 Å². The first-order valence-electron chi connectivity index (χ1n) is 6.51. The zero-order valence-corrected chi connectivity index (χ0v) is 14.0. The number of aryl methyl sites for hydroxylation is 2. The largest absolute Gasteiger partial charge is 0.295 e. The molecule has 2 nitrogen and oxygen atoms in total. The average molecular weight is 368 g/mol. The predicted molar refractivity (Wildman–Crippen MR) is 87.8 cm³/mol. The van der Waals surface area contributed by atoms with Gasteiger partial charge in [0.2, 0.25) is 0 Å². The number of halogens is 3. The minimum Gasteiger partial charge on any atom is -0.295 e. The second-order valence-electron chi connectivity index (χ2n) is 5.02. The SMILES string of the molecule is Cc1cc(-n2c(CCl)nc3ccc(F)cc32)cc(C)c1Br. The Kier molecular flexibility index (Phi) is 3.76. The molecule has 5 heteroatoms. The molecule has 3 aromatic rings. The molecule has 21 heavy (non-hydrogen) atoms. The molecule has 2 aromatic carbocycles. The Morgan fingerprint density at radius 2 is 1.86 bits per heavy atom. The summed E-state index contributed by atoms with van der Waals surface area (Å²) in [6, 6.07) is 8.66. The zero-order chi connectivity index (χ0) is 15.1. The number of imidazole rings is 1. The molecule has 0 spiro atoms. The lowest BCUT2D eigenvalue weighted by Crippen LogP contribution is -2.01. The highest BCUT2D eigenvalue weighted by Crippen LogP contribution is 2.28. The molecule has 0 aliphatic carbocycles. The maximum absolute atomic E-state index is 13.6. The average Bonchev–Trinajstić information content (AvgIpc) is 2.81. The molecule has 1 aromatic heterocycles. The minimum atomic E-state index is -0.282. The van der Waals surface area contributed by atoms with E-state index in [0.717, 1.165) is 32.3 Å². The molecule has 0 aliphatic rings. The molecule has 0 saturated heterocycles. The summed E-state index contributed by atoms with van der Waals surface area (Å²) < 4.78 is 16.6. The molecule has 1 heterocycles. The van der Waals surface area contributed by atoms with Crippen LogP contribution in [0.5, 0.6) is 0 Å². The minimum absolute atomic E-state index is 0.268. The third-order valence-electron chi connectivity index (χ3n) is 3.48. The van der Waals surface area contributed by atoms with Crippen LogP contribution in [0.4, 0.5) is 4.39 Å². The lowest BCUT2D eigenvalue weighted by molar-refractivity contribution is 0.629. The summed E-state index contributed by atoms with van der Waals surface area (Å²) in [5.74, 6) is 0.693. The first kappa shape index (κ1) is 14.5. The van der Waals surface area contributed by atoms with E-state index in [1.165, 1.54) is 12.1 Å². The summed E-state index contributed by atoms with van der Waals surface area (Å²) in [4.78, 5) is 4.48. The maximum Gasteiger partial charge on any atom is 0.129 e. The lowest BCUT2D eigenvalue weighted by Gasteiger charge is -2.12. The Morgan fingerprint density at radius 1 is 1.19 bits per heavy atom. The van der Waals surface area contributed by atoms with Gasteiger partial charge in [-0.3, -0.25) is 4.57 Å². The molecule has 108 valence electrons. The van der Waals surface area contributed by atoms with E-state index in [4.69, 9.17) is 11.6 Å². The first-order valence-corrected chi connectivity index (χ1v) is 7.84. The number of hydrogen-bond acceptors (Lipinski definition) is 1. The van der Waals surface area contributed by atoms with Gasteiger partial charge in [-0.1, -0.05) is 15.9 Å². The molecule has 0 aliphatic heterocycles. The molecule has 0 radical (unpaired) electrons. The van der Waals surface area contributed by atoms with E-state index in [2.05, 4.69) is 20.9 Å². The Labute approximate surface area is 135 Å². The van der Waals surface area contributed by atoms with Gasteiger partial charge in [0.05, 0.1) is 16.9 Å². The van der Waals surface area contributed by atoms with Crippen LogP contribution in [0, 0.1) is 19.7 Å². The number of alkyl halides is 1. The van der Waals surface area contributed by atoms with Crippen LogP contribution >= 0.6 is 27.5 Å². The predicted octanol–water partition coefficient (Wildman–Crippen LogP) is 5.28. The van der Waals surface area contributed by atoms with Crippen molar-refractivity contribution in [3.8, 4) is 5.69 Å². The van der Waals surface area contributed by atoms with Crippen molar-refractivity contribution in [3.05, 3.63) is 57.6 Å². The number of nitrogens with zero attached hydrogens (tertiary/aromatic N) is 2. The van der Waals surface area contributed by atoms with Crippen LogP contribution < -0.4 is 0 Å². The van der Waals surface area contributed by atoms with E-state index >= 15 is 0 Å². The van der Waals surface area contributed by atoms with Crippen molar-refractivity contribution in [1.29, 1.82) is 0 Å². The highest BCUT2D eigenvalue weighted by molar-refractivity contribution is 9.10. The van der Waals surface area contributed by atoms with Crippen LogP contribution in [-0.2, 0) is 5.88 Å². The Balaban J connectivity index is 2.35. The molecule has 0 saturated carbocycles. The molecule has 0 bridgehead atoms. The monoisotopic (exact) mass is 366 g/mol. The topological polar surface area (TPSA) is 17.8 Å². The van der Waals surface area contributed by atoms with Crippen molar-refractivity contribution in [2.24, 2.45) is 0 Å². The molecule has 0 N–H and O–H groups in total. The summed E-state index contributed by atoms with van der Waals surface area (Å²) in [6.45, 7) is 4.06. The van der Waals surface area contributed by atoms with Gasteiger partial charge in [0, 0.05) is 16.2 Å². The van der Waals surface area contributed by atoms with Gasteiger partial charge >= 0.3 is 0 Å². The van der Waals surface area contributed by atoms with Crippen molar-refractivity contribution in [3.63, 3.8) is 0 Å². The molecular weight excluding hydrogens is 355 g/mol. The van der Waals surface area contributed by atoms with Gasteiger partial charge in [-0.15, -0.1) is 11.6 Å². The van der Waals surface area contributed by atoms with Gasteiger partial charge < -0.3 is 0 Å². The van der Waals surface area contributed by atoms with Crippen molar-refractivity contribution in [2.75, 3.05) is 0 Å². The van der Waals surface area contributed by atoms with E-state index in [9.17, 15) is 4.39 Å². The highest BCUT2D eigenvalue weighted by Gasteiger charge is 2.14. The Hall–Kier alpha value is -1.39. The summed E-state index contributed by atoms with van der Waals surface area (Å²) >= 11 is 9.58. The first-order chi connectivity index (χ1) is 10.0. The third-order valence-corrected chi connectivity index (χ3v) is 4.97. The number of benzene rings is 2. The van der Waals surface area contributed by atoms with Gasteiger partial charge in [0.1, 0.15) is 11.6 Å². The number of hydrogen-bond donors (Lipinski definition) is 0. The quantitative estimate of drug-likeness (QED) is 0.563. The number of rotatable bonds is 2. The van der Waals surface area contributed by atoms with E-state index in [1.54, 1.807) is 6.07 Å².